The Labute approximate surface area is 117 Å². The summed E-state index contributed by atoms with van der Waals surface area (Å²) in [7, 11) is 0. The van der Waals surface area contributed by atoms with Crippen molar-refractivity contribution in [2.45, 2.75) is 32.9 Å². The molecule has 1 saturated heterocycles. The summed E-state index contributed by atoms with van der Waals surface area (Å²) in [5, 5.41) is 5.71. The number of thiophene rings is 1. The number of halogens is 1. The maximum atomic E-state index is 3.54. The van der Waals surface area contributed by atoms with Crippen LogP contribution in [0.25, 0.3) is 0 Å². The Morgan fingerprint density at radius 2 is 2.41 bits per heavy atom. The first-order valence-electron chi connectivity index (χ1n) is 6.32. The van der Waals surface area contributed by atoms with E-state index >= 15 is 0 Å². The summed E-state index contributed by atoms with van der Waals surface area (Å²) in [6, 6.07) is 2.85. The van der Waals surface area contributed by atoms with Crippen LogP contribution in [0, 0.1) is 5.92 Å². The van der Waals surface area contributed by atoms with Gasteiger partial charge in [-0.05, 0) is 47.4 Å². The molecule has 1 aliphatic heterocycles. The smallest absolute Gasteiger partial charge is 0.0328 e. The zero-order valence-corrected chi connectivity index (χ0v) is 13.0. The maximum absolute atomic E-state index is 3.54. The second-order valence-corrected chi connectivity index (χ2v) is 7.10. The van der Waals surface area contributed by atoms with Gasteiger partial charge in [-0.2, -0.15) is 0 Å². The van der Waals surface area contributed by atoms with Crippen LogP contribution < -0.4 is 5.32 Å². The third kappa shape index (κ3) is 4.36. The predicted molar refractivity (Wildman–Crippen MR) is 78.5 cm³/mol. The minimum Gasteiger partial charge on any atom is -0.314 e. The molecule has 96 valence electrons. The largest absolute Gasteiger partial charge is 0.314 e. The highest BCUT2D eigenvalue weighted by molar-refractivity contribution is 9.10. The molecule has 0 amide bonds. The molecule has 17 heavy (non-hydrogen) atoms. The SMILES string of the molecule is CC(C)NCC1CCN(Cc2cc(Br)cs2)C1. The molecule has 0 aromatic carbocycles. The summed E-state index contributed by atoms with van der Waals surface area (Å²) in [5.74, 6) is 0.834. The quantitative estimate of drug-likeness (QED) is 0.896. The normalized spacial score (nSPS) is 21.5. The Kier molecular flexibility index (Phi) is 5.03. The Morgan fingerprint density at radius 1 is 1.59 bits per heavy atom. The second kappa shape index (κ2) is 6.32. The first kappa shape index (κ1) is 13.5. The predicted octanol–water partition coefficient (Wildman–Crippen LogP) is 3.33. The molecule has 0 aliphatic carbocycles. The molecule has 2 rings (SSSR count). The molecule has 0 bridgehead atoms. The lowest BCUT2D eigenvalue weighted by Crippen LogP contribution is -2.30. The van der Waals surface area contributed by atoms with E-state index in [-0.39, 0.29) is 0 Å². The van der Waals surface area contributed by atoms with Gasteiger partial charge in [0.15, 0.2) is 0 Å². The third-order valence-electron chi connectivity index (χ3n) is 3.19. The van der Waals surface area contributed by atoms with Crippen LogP contribution in [0.1, 0.15) is 25.1 Å². The molecule has 2 heterocycles. The van der Waals surface area contributed by atoms with Gasteiger partial charge in [-0.25, -0.2) is 0 Å². The highest BCUT2D eigenvalue weighted by Gasteiger charge is 2.22. The summed E-state index contributed by atoms with van der Waals surface area (Å²) in [4.78, 5) is 4.04. The van der Waals surface area contributed by atoms with Crippen molar-refractivity contribution >= 4 is 27.3 Å². The minimum atomic E-state index is 0.609. The van der Waals surface area contributed by atoms with E-state index < -0.39 is 0 Å². The molecule has 1 atom stereocenters. The molecule has 4 heteroatoms. The molecule has 1 fully saturated rings. The number of hydrogen-bond acceptors (Lipinski definition) is 3. The topological polar surface area (TPSA) is 15.3 Å². The molecular weight excluding hydrogens is 296 g/mol. The zero-order chi connectivity index (χ0) is 12.3. The summed E-state index contributed by atoms with van der Waals surface area (Å²) in [5.41, 5.74) is 0. The van der Waals surface area contributed by atoms with E-state index in [0.29, 0.717) is 6.04 Å². The van der Waals surface area contributed by atoms with Crippen molar-refractivity contribution in [1.29, 1.82) is 0 Å². The van der Waals surface area contributed by atoms with Gasteiger partial charge in [0.05, 0.1) is 0 Å². The fraction of sp³-hybridized carbons (Fsp3) is 0.692. The lowest BCUT2D eigenvalue weighted by molar-refractivity contribution is 0.315. The highest BCUT2D eigenvalue weighted by Crippen LogP contribution is 2.24. The van der Waals surface area contributed by atoms with Gasteiger partial charge in [0.25, 0.3) is 0 Å². The Bertz CT molecular complexity index is 351. The Balaban J connectivity index is 1.74. The third-order valence-corrected chi connectivity index (χ3v) is 4.87. The van der Waals surface area contributed by atoms with Crippen molar-refractivity contribution in [2.24, 2.45) is 5.92 Å². The van der Waals surface area contributed by atoms with Crippen LogP contribution in [0.15, 0.2) is 15.9 Å². The van der Waals surface area contributed by atoms with Crippen LogP contribution in [0.4, 0.5) is 0 Å². The van der Waals surface area contributed by atoms with Crippen LogP contribution in [-0.4, -0.2) is 30.6 Å². The fourth-order valence-corrected chi connectivity index (χ4v) is 3.77. The van der Waals surface area contributed by atoms with Crippen LogP contribution in [0.3, 0.4) is 0 Å². The van der Waals surface area contributed by atoms with Crippen molar-refractivity contribution < 1.29 is 0 Å². The molecule has 1 aromatic heterocycles. The van der Waals surface area contributed by atoms with E-state index in [1.54, 1.807) is 0 Å². The molecule has 1 unspecified atom stereocenters. The first-order valence-corrected chi connectivity index (χ1v) is 7.99. The van der Waals surface area contributed by atoms with E-state index in [1.807, 2.05) is 11.3 Å². The van der Waals surface area contributed by atoms with Gasteiger partial charge in [-0.15, -0.1) is 11.3 Å². The van der Waals surface area contributed by atoms with Gasteiger partial charge in [0.1, 0.15) is 0 Å². The van der Waals surface area contributed by atoms with Crippen LogP contribution in [0.5, 0.6) is 0 Å². The van der Waals surface area contributed by atoms with E-state index in [9.17, 15) is 0 Å². The fourth-order valence-electron chi connectivity index (χ4n) is 2.28. The van der Waals surface area contributed by atoms with Crippen LogP contribution >= 0.6 is 27.3 Å². The molecule has 0 spiro atoms. The summed E-state index contributed by atoms with van der Waals surface area (Å²) < 4.78 is 1.22. The monoisotopic (exact) mass is 316 g/mol. The van der Waals surface area contributed by atoms with Crippen molar-refractivity contribution in [3.8, 4) is 0 Å². The van der Waals surface area contributed by atoms with Crippen molar-refractivity contribution in [3.63, 3.8) is 0 Å². The number of nitrogens with one attached hydrogen (secondary N) is 1. The van der Waals surface area contributed by atoms with E-state index in [0.717, 1.165) is 12.5 Å². The molecule has 0 saturated carbocycles. The van der Waals surface area contributed by atoms with E-state index in [2.05, 4.69) is 51.4 Å². The van der Waals surface area contributed by atoms with Gasteiger partial charge in [0, 0.05) is 33.9 Å². The van der Waals surface area contributed by atoms with E-state index in [4.69, 9.17) is 0 Å². The van der Waals surface area contributed by atoms with Crippen LogP contribution in [0.2, 0.25) is 0 Å². The van der Waals surface area contributed by atoms with Gasteiger partial charge < -0.3 is 5.32 Å². The van der Waals surface area contributed by atoms with Gasteiger partial charge in [-0.3, -0.25) is 4.90 Å². The maximum Gasteiger partial charge on any atom is 0.0328 e. The molecule has 0 radical (unpaired) electrons. The lowest BCUT2D eigenvalue weighted by atomic mass is 10.1. The van der Waals surface area contributed by atoms with E-state index in [1.165, 1.54) is 35.4 Å². The first-order chi connectivity index (χ1) is 8.13. The summed E-state index contributed by atoms with van der Waals surface area (Å²) >= 11 is 5.37. The number of rotatable bonds is 5. The second-order valence-electron chi connectivity index (χ2n) is 5.18. The molecular formula is C13H21BrN2S. The molecule has 1 aliphatic rings. The number of nitrogens with zero attached hydrogens (tertiary/aromatic N) is 1. The van der Waals surface area contributed by atoms with Crippen LogP contribution in [-0.2, 0) is 6.54 Å². The van der Waals surface area contributed by atoms with Gasteiger partial charge in [-0.1, -0.05) is 13.8 Å². The van der Waals surface area contributed by atoms with Gasteiger partial charge in [0.2, 0.25) is 0 Å². The number of likely N-dealkylation sites (tertiary alicyclic amines) is 1. The summed E-state index contributed by atoms with van der Waals surface area (Å²) in [6.45, 7) is 9.22. The van der Waals surface area contributed by atoms with Crippen molar-refractivity contribution in [2.75, 3.05) is 19.6 Å². The van der Waals surface area contributed by atoms with Crippen molar-refractivity contribution in [3.05, 3.63) is 20.8 Å². The molecule has 1 N–H and O–H groups in total. The number of hydrogen-bond donors (Lipinski definition) is 1. The minimum absolute atomic E-state index is 0.609. The zero-order valence-electron chi connectivity index (χ0n) is 10.6. The molecule has 1 aromatic rings. The van der Waals surface area contributed by atoms with Gasteiger partial charge >= 0.3 is 0 Å². The van der Waals surface area contributed by atoms with Crippen molar-refractivity contribution in [1.82, 2.24) is 10.2 Å². The highest BCUT2D eigenvalue weighted by atomic mass is 79.9. The molecule has 2 nitrogen and oxygen atoms in total. The Hall–Kier alpha value is 0.1000. The standard InChI is InChI=1S/C13H21BrN2S/c1-10(2)15-6-11-3-4-16(7-11)8-13-5-12(14)9-17-13/h5,9-11,15H,3-4,6-8H2,1-2H3. The average Bonchev–Trinajstić information content (AvgIpc) is 2.86. The Morgan fingerprint density at radius 3 is 3.06 bits per heavy atom. The average molecular weight is 317 g/mol. The summed E-state index contributed by atoms with van der Waals surface area (Å²) in [6.07, 6.45) is 1.34. The lowest BCUT2D eigenvalue weighted by Gasteiger charge is -2.16.